The van der Waals surface area contributed by atoms with E-state index in [4.69, 9.17) is 5.73 Å². The summed E-state index contributed by atoms with van der Waals surface area (Å²) in [5.41, 5.74) is 6.97. The first-order valence-corrected chi connectivity index (χ1v) is 5.90. The van der Waals surface area contributed by atoms with Crippen LogP contribution in [0.25, 0.3) is 0 Å². The van der Waals surface area contributed by atoms with E-state index in [2.05, 4.69) is 5.32 Å². The third-order valence-corrected chi connectivity index (χ3v) is 3.38. The summed E-state index contributed by atoms with van der Waals surface area (Å²) in [6.07, 6.45) is 1.96. The Labute approximate surface area is 100 Å². The zero-order valence-corrected chi connectivity index (χ0v) is 9.63. The van der Waals surface area contributed by atoms with Gasteiger partial charge in [0.15, 0.2) is 0 Å². The lowest BCUT2D eigenvalue weighted by Crippen LogP contribution is -2.34. The van der Waals surface area contributed by atoms with E-state index in [1.165, 1.54) is 6.07 Å². The van der Waals surface area contributed by atoms with Crippen LogP contribution in [0.15, 0.2) is 24.3 Å². The smallest absolute Gasteiger partial charge is 0.274 e. The Morgan fingerprint density at radius 1 is 1.35 bits per heavy atom. The van der Waals surface area contributed by atoms with Crippen molar-refractivity contribution in [1.29, 1.82) is 0 Å². The molecular formula is C12H17N3O2. The summed E-state index contributed by atoms with van der Waals surface area (Å²) in [5, 5.41) is 14.2. The van der Waals surface area contributed by atoms with E-state index in [9.17, 15) is 10.1 Å². The van der Waals surface area contributed by atoms with Crippen LogP contribution in [0, 0.1) is 16.0 Å². The Hall–Kier alpha value is -1.46. The molecule has 0 spiro atoms. The van der Waals surface area contributed by atoms with Crippen LogP contribution in [0.4, 0.5) is 5.69 Å². The molecule has 0 bridgehead atoms. The van der Waals surface area contributed by atoms with Gasteiger partial charge in [0.1, 0.15) is 0 Å². The molecule has 92 valence electrons. The van der Waals surface area contributed by atoms with Gasteiger partial charge in [-0.25, -0.2) is 0 Å². The first-order valence-electron chi connectivity index (χ1n) is 5.90. The fraction of sp³-hybridized carbons (Fsp3) is 0.500. The molecule has 1 saturated heterocycles. The highest BCUT2D eigenvalue weighted by atomic mass is 16.6. The SMILES string of the molecule is N[C@@H](c1ccccc1[N+](=O)[O-])C1CCNCC1. The number of benzene rings is 1. The van der Waals surface area contributed by atoms with E-state index >= 15 is 0 Å². The number of nitrogens with zero attached hydrogens (tertiary/aromatic N) is 1. The number of piperidine rings is 1. The zero-order valence-electron chi connectivity index (χ0n) is 9.63. The molecule has 3 N–H and O–H groups in total. The van der Waals surface area contributed by atoms with Gasteiger partial charge in [-0.1, -0.05) is 18.2 Å². The third-order valence-electron chi connectivity index (χ3n) is 3.38. The van der Waals surface area contributed by atoms with E-state index in [1.807, 2.05) is 6.07 Å². The van der Waals surface area contributed by atoms with Crippen molar-refractivity contribution in [2.75, 3.05) is 13.1 Å². The monoisotopic (exact) mass is 235 g/mol. The molecule has 0 saturated carbocycles. The minimum Gasteiger partial charge on any atom is -0.323 e. The van der Waals surface area contributed by atoms with Crippen molar-refractivity contribution in [3.8, 4) is 0 Å². The van der Waals surface area contributed by atoms with Gasteiger partial charge in [-0.2, -0.15) is 0 Å². The van der Waals surface area contributed by atoms with E-state index in [-0.39, 0.29) is 16.7 Å². The molecule has 0 radical (unpaired) electrons. The van der Waals surface area contributed by atoms with Crippen LogP contribution >= 0.6 is 0 Å². The second kappa shape index (κ2) is 5.25. The van der Waals surface area contributed by atoms with Gasteiger partial charge < -0.3 is 11.1 Å². The van der Waals surface area contributed by atoms with E-state index in [0.29, 0.717) is 11.5 Å². The number of nitro groups is 1. The largest absolute Gasteiger partial charge is 0.323 e. The highest BCUT2D eigenvalue weighted by Gasteiger charge is 2.26. The molecule has 17 heavy (non-hydrogen) atoms. The Balaban J connectivity index is 2.23. The summed E-state index contributed by atoms with van der Waals surface area (Å²) in [6, 6.07) is 6.54. The summed E-state index contributed by atoms with van der Waals surface area (Å²) >= 11 is 0. The summed E-state index contributed by atoms with van der Waals surface area (Å²) in [7, 11) is 0. The minimum atomic E-state index is -0.351. The first-order chi connectivity index (χ1) is 8.20. The Kier molecular flexibility index (Phi) is 3.71. The number of nitro benzene ring substituents is 1. The molecule has 1 aliphatic rings. The lowest BCUT2D eigenvalue weighted by atomic mass is 9.86. The molecular weight excluding hydrogens is 218 g/mol. The standard InChI is InChI=1S/C12H17N3O2/c13-12(9-5-7-14-8-6-9)10-3-1-2-4-11(10)15(16)17/h1-4,9,12,14H,5-8,13H2/t12-/m1/s1. The van der Waals surface area contributed by atoms with Gasteiger partial charge >= 0.3 is 0 Å². The van der Waals surface area contributed by atoms with Gasteiger partial charge in [0.05, 0.1) is 4.92 Å². The molecule has 0 aliphatic carbocycles. The zero-order chi connectivity index (χ0) is 12.3. The molecule has 1 fully saturated rings. The van der Waals surface area contributed by atoms with Gasteiger partial charge in [-0.05, 0) is 31.8 Å². The summed E-state index contributed by atoms with van der Waals surface area (Å²) in [4.78, 5) is 10.6. The molecule has 2 rings (SSSR count). The number of hydrogen-bond acceptors (Lipinski definition) is 4. The Morgan fingerprint density at radius 2 is 2.00 bits per heavy atom. The first kappa shape index (κ1) is 12.0. The van der Waals surface area contributed by atoms with Crippen LogP contribution in [-0.2, 0) is 0 Å². The molecule has 1 aliphatic heterocycles. The maximum absolute atomic E-state index is 10.9. The van der Waals surface area contributed by atoms with E-state index in [1.54, 1.807) is 12.1 Å². The van der Waals surface area contributed by atoms with Crippen LogP contribution in [0.5, 0.6) is 0 Å². The lowest BCUT2D eigenvalue weighted by Gasteiger charge is -2.28. The fourth-order valence-electron chi connectivity index (χ4n) is 2.39. The van der Waals surface area contributed by atoms with Gasteiger partial charge in [0.2, 0.25) is 0 Å². The van der Waals surface area contributed by atoms with Crippen molar-refractivity contribution in [2.45, 2.75) is 18.9 Å². The molecule has 1 aromatic rings. The van der Waals surface area contributed by atoms with E-state index < -0.39 is 0 Å². The van der Waals surface area contributed by atoms with Crippen LogP contribution in [0.1, 0.15) is 24.4 Å². The number of nitrogens with one attached hydrogen (secondary N) is 1. The normalized spacial score (nSPS) is 18.9. The summed E-state index contributed by atoms with van der Waals surface area (Å²) in [5.74, 6) is 0.331. The molecule has 1 aromatic carbocycles. The minimum absolute atomic E-state index is 0.138. The van der Waals surface area contributed by atoms with Crippen molar-refractivity contribution >= 4 is 5.69 Å². The number of nitrogens with two attached hydrogens (primary N) is 1. The molecule has 1 heterocycles. The molecule has 0 amide bonds. The predicted octanol–water partition coefficient (Wildman–Crippen LogP) is 1.59. The predicted molar refractivity (Wildman–Crippen MR) is 65.6 cm³/mol. The second-order valence-electron chi connectivity index (χ2n) is 4.43. The van der Waals surface area contributed by atoms with Gasteiger partial charge in [0.25, 0.3) is 5.69 Å². The highest BCUT2D eigenvalue weighted by molar-refractivity contribution is 5.42. The lowest BCUT2D eigenvalue weighted by molar-refractivity contribution is -0.385. The summed E-state index contributed by atoms with van der Waals surface area (Å²) in [6.45, 7) is 1.89. The maximum atomic E-state index is 10.9. The average Bonchev–Trinajstić information content (AvgIpc) is 2.39. The molecule has 1 atom stereocenters. The van der Waals surface area contributed by atoms with Crippen molar-refractivity contribution < 1.29 is 4.92 Å². The van der Waals surface area contributed by atoms with Gasteiger partial charge in [0, 0.05) is 17.7 Å². The Bertz CT molecular complexity index is 402. The van der Waals surface area contributed by atoms with E-state index in [0.717, 1.165) is 25.9 Å². The number of para-hydroxylation sites is 1. The number of rotatable bonds is 3. The number of hydrogen-bond donors (Lipinski definition) is 2. The Morgan fingerprint density at radius 3 is 2.65 bits per heavy atom. The molecule has 0 unspecified atom stereocenters. The highest BCUT2D eigenvalue weighted by Crippen LogP contribution is 2.31. The van der Waals surface area contributed by atoms with Crippen molar-refractivity contribution in [2.24, 2.45) is 11.7 Å². The van der Waals surface area contributed by atoms with Crippen LogP contribution < -0.4 is 11.1 Å². The average molecular weight is 235 g/mol. The van der Waals surface area contributed by atoms with Crippen LogP contribution in [0.2, 0.25) is 0 Å². The van der Waals surface area contributed by atoms with Crippen molar-refractivity contribution in [3.63, 3.8) is 0 Å². The fourth-order valence-corrected chi connectivity index (χ4v) is 2.39. The van der Waals surface area contributed by atoms with Gasteiger partial charge in [-0.15, -0.1) is 0 Å². The van der Waals surface area contributed by atoms with Crippen molar-refractivity contribution in [1.82, 2.24) is 5.32 Å². The van der Waals surface area contributed by atoms with Crippen LogP contribution in [-0.4, -0.2) is 18.0 Å². The summed E-state index contributed by atoms with van der Waals surface area (Å²) < 4.78 is 0. The van der Waals surface area contributed by atoms with Crippen LogP contribution in [0.3, 0.4) is 0 Å². The molecule has 5 heteroatoms. The van der Waals surface area contributed by atoms with Gasteiger partial charge in [-0.3, -0.25) is 10.1 Å². The second-order valence-corrected chi connectivity index (χ2v) is 4.43. The maximum Gasteiger partial charge on any atom is 0.274 e. The quantitative estimate of drug-likeness (QED) is 0.616. The van der Waals surface area contributed by atoms with Crippen molar-refractivity contribution in [3.05, 3.63) is 39.9 Å². The molecule has 5 nitrogen and oxygen atoms in total. The molecule has 0 aromatic heterocycles. The topological polar surface area (TPSA) is 81.2 Å². The third kappa shape index (κ3) is 2.62.